The molecule has 6 rings (SSSR count). The zero-order valence-corrected chi connectivity index (χ0v) is 21.2. The van der Waals surface area contributed by atoms with Gasteiger partial charge in [0.05, 0.1) is 17.1 Å². The van der Waals surface area contributed by atoms with Crippen LogP contribution in [0.1, 0.15) is 46.0 Å². The molecule has 2 aromatic carbocycles. The number of amides is 1. The molecule has 1 atom stereocenters. The van der Waals surface area contributed by atoms with E-state index in [4.69, 9.17) is 0 Å². The number of para-hydroxylation sites is 1. The molecule has 0 fully saturated rings. The summed E-state index contributed by atoms with van der Waals surface area (Å²) in [5, 5.41) is 15.4. The summed E-state index contributed by atoms with van der Waals surface area (Å²) in [6, 6.07) is 19.9. The number of pyridine rings is 1. The van der Waals surface area contributed by atoms with Gasteiger partial charge in [0.2, 0.25) is 0 Å². The topological polar surface area (TPSA) is 110 Å². The molecule has 0 saturated carbocycles. The van der Waals surface area contributed by atoms with Crippen molar-refractivity contribution in [3.8, 4) is 17.5 Å². The molecule has 0 unspecified atom stereocenters. The number of aryl methyl sites for hydroxylation is 1. The molecule has 6 aromatic rings. The lowest BCUT2D eigenvalue weighted by molar-refractivity contribution is 0.0939. The van der Waals surface area contributed by atoms with Gasteiger partial charge < -0.3 is 5.32 Å². The molecular weight excluding hydrogens is 490 g/mol. The number of carbonyl (C=O) groups is 1. The van der Waals surface area contributed by atoms with E-state index in [0.717, 1.165) is 5.39 Å². The average molecular weight is 514 g/mol. The van der Waals surface area contributed by atoms with Gasteiger partial charge in [0.1, 0.15) is 11.3 Å². The van der Waals surface area contributed by atoms with Crippen LogP contribution in [0, 0.1) is 18.8 Å². The fourth-order valence-electron chi connectivity index (χ4n) is 4.71. The summed E-state index contributed by atoms with van der Waals surface area (Å²) >= 11 is 0. The van der Waals surface area contributed by atoms with Crippen LogP contribution in [-0.4, -0.2) is 35.3 Å². The Bertz CT molecular complexity index is 1960. The van der Waals surface area contributed by atoms with Crippen molar-refractivity contribution in [2.45, 2.75) is 19.9 Å². The van der Waals surface area contributed by atoms with Gasteiger partial charge in [0.15, 0.2) is 5.65 Å². The summed E-state index contributed by atoms with van der Waals surface area (Å²) < 4.78 is 3.21. The molecule has 4 heterocycles. The monoisotopic (exact) mass is 513 g/mol. The maximum absolute atomic E-state index is 14.1. The Balaban J connectivity index is 1.48. The number of benzene rings is 2. The first-order chi connectivity index (χ1) is 19.0. The van der Waals surface area contributed by atoms with Crippen LogP contribution < -0.4 is 10.9 Å². The lowest BCUT2D eigenvalue weighted by atomic mass is 10.0. The Hall–Kier alpha value is -5.49. The van der Waals surface area contributed by atoms with Crippen molar-refractivity contribution in [2.24, 2.45) is 0 Å². The Labute approximate surface area is 223 Å². The minimum Gasteiger partial charge on any atom is -0.344 e. The highest BCUT2D eigenvalue weighted by Crippen LogP contribution is 2.24. The highest BCUT2D eigenvalue weighted by Gasteiger charge is 2.23. The Morgan fingerprint density at radius 3 is 2.67 bits per heavy atom. The normalized spacial score (nSPS) is 11.7. The van der Waals surface area contributed by atoms with Gasteiger partial charge in [-0.1, -0.05) is 36.3 Å². The highest BCUT2D eigenvalue weighted by atomic mass is 16.2. The third-order valence-corrected chi connectivity index (χ3v) is 6.51. The van der Waals surface area contributed by atoms with Gasteiger partial charge in [0, 0.05) is 35.5 Å². The minimum absolute atomic E-state index is 0.224. The molecular formula is C30H23N7O2. The molecule has 2 N–H and O–H groups in total. The van der Waals surface area contributed by atoms with Gasteiger partial charge in [0.25, 0.3) is 11.5 Å². The molecule has 0 bridgehead atoms. The molecule has 0 aliphatic carbocycles. The summed E-state index contributed by atoms with van der Waals surface area (Å²) in [6.45, 7) is 3.63. The number of hydrogen-bond donors (Lipinski definition) is 2. The molecule has 9 nitrogen and oxygen atoms in total. The van der Waals surface area contributed by atoms with Crippen molar-refractivity contribution >= 4 is 22.3 Å². The summed E-state index contributed by atoms with van der Waals surface area (Å²) in [7, 11) is 0. The first kappa shape index (κ1) is 23.9. The van der Waals surface area contributed by atoms with Crippen molar-refractivity contribution in [1.82, 2.24) is 34.7 Å². The SMILES string of the molecule is Cc1nn2cccnc2c1C(=O)N[C@H](C)c1cc2cccc(C#Cc3ccn[nH]3)c2c(=O)n1-c1ccccc1. The van der Waals surface area contributed by atoms with E-state index >= 15 is 0 Å². The minimum atomic E-state index is -0.521. The van der Waals surface area contributed by atoms with Crippen molar-refractivity contribution in [2.75, 3.05) is 0 Å². The largest absolute Gasteiger partial charge is 0.344 e. The predicted molar refractivity (Wildman–Crippen MR) is 148 cm³/mol. The molecule has 0 aliphatic rings. The summed E-state index contributed by atoms with van der Waals surface area (Å²) in [4.78, 5) is 31.9. The predicted octanol–water partition coefficient (Wildman–Crippen LogP) is 3.96. The highest BCUT2D eigenvalue weighted by molar-refractivity contribution is 6.01. The number of rotatable bonds is 4. The quantitative estimate of drug-likeness (QED) is 0.347. The molecule has 0 aliphatic heterocycles. The second kappa shape index (κ2) is 9.76. The third-order valence-electron chi connectivity index (χ3n) is 6.51. The number of aromatic amines is 1. The maximum atomic E-state index is 14.1. The van der Waals surface area contributed by atoms with Crippen molar-refractivity contribution in [3.63, 3.8) is 0 Å². The van der Waals surface area contributed by atoms with Crippen molar-refractivity contribution < 1.29 is 4.79 Å². The number of hydrogen-bond acceptors (Lipinski definition) is 5. The third kappa shape index (κ3) is 4.34. The van der Waals surface area contributed by atoms with Gasteiger partial charge in [-0.05, 0) is 61.6 Å². The molecule has 1 amide bonds. The second-order valence-corrected chi connectivity index (χ2v) is 9.08. The standard InChI is InChI=1S/C30H23N7O2/c1-19(33-29(38)26-20(2)35-36-17-7-15-31-28(26)36)25-18-22-9-6-8-21(12-13-23-14-16-32-34-23)27(22)30(39)37(25)24-10-4-3-5-11-24/h3-11,14-19H,1-2H3,(H,32,34)(H,33,38)/t19-/m1/s1. The average Bonchev–Trinajstić information content (AvgIpc) is 3.59. The maximum Gasteiger partial charge on any atom is 0.264 e. The molecule has 4 aromatic heterocycles. The number of aromatic nitrogens is 6. The fraction of sp³-hybridized carbons (Fsp3) is 0.100. The van der Waals surface area contributed by atoms with Gasteiger partial charge in [-0.25, -0.2) is 9.50 Å². The summed E-state index contributed by atoms with van der Waals surface area (Å²) in [6.07, 6.45) is 5.00. The van der Waals surface area contributed by atoms with Crippen molar-refractivity contribution in [1.29, 1.82) is 0 Å². The summed E-state index contributed by atoms with van der Waals surface area (Å²) in [5.74, 6) is 5.82. The zero-order valence-electron chi connectivity index (χ0n) is 21.2. The van der Waals surface area contributed by atoms with Crippen LogP contribution in [0.3, 0.4) is 0 Å². The van der Waals surface area contributed by atoms with E-state index in [1.54, 1.807) is 46.7 Å². The van der Waals surface area contributed by atoms with E-state index in [9.17, 15) is 9.59 Å². The molecule has 9 heteroatoms. The van der Waals surface area contributed by atoms with Crippen molar-refractivity contribution in [3.05, 3.63) is 124 Å². The van der Waals surface area contributed by atoms with Crippen LogP contribution in [0.5, 0.6) is 0 Å². The van der Waals surface area contributed by atoms with E-state index in [-0.39, 0.29) is 11.5 Å². The van der Waals surface area contributed by atoms with Crippen LogP contribution >= 0.6 is 0 Å². The Morgan fingerprint density at radius 1 is 1.03 bits per heavy atom. The van der Waals surface area contributed by atoms with E-state index in [2.05, 4.69) is 37.4 Å². The van der Waals surface area contributed by atoms with Gasteiger partial charge in [-0.2, -0.15) is 10.2 Å². The smallest absolute Gasteiger partial charge is 0.264 e. The lowest BCUT2D eigenvalue weighted by Gasteiger charge is -2.21. The van der Waals surface area contributed by atoms with Gasteiger partial charge in [-0.3, -0.25) is 19.3 Å². The molecule has 0 spiro atoms. The first-order valence-corrected chi connectivity index (χ1v) is 12.4. The molecule has 0 radical (unpaired) electrons. The van der Waals surface area contributed by atoms with Crippen LogP contribution in [-0.2, 0) is 0 Å². The molecule has 0 saturated heterocycles. The lowest BCUT2D eigenvalue weighted by Crippen LogP contribution is -2.32. The first-order valence-electron chi connectivity index (χ1n) is 12.4. The number of nitrogens with zero attached hydrogens (tertiary/aromatic N) is 5. The number of nitrogens with one attached hydrogen (secondary N) is 2. The van der Waals surface area contributed by atoms with Crippen LogP contribution in [0.15, 0.2) is 90.1 Å². The number of carbonyl (C=O) groups excluding carboxylic acids is 1. The van der Waals surface area contributed by atoms with Crippen LogP contribution in [0.25, 0.3) is 22.1 Å². The molecule has 190 valence electrons. The van der Waals surface area contributed by atoms with Gasteiger partial charge >= 0.3 is 0 Å². The van der Waals surface area contributed by atoms with E-state index < -0.39 is 6.04 Å². The van der Waals surface area contributed by atoms with E-state index in [0.29, 0.717) is 44.9 Å². The number of H-pyrrole nitrogens is 1. The van der Waals surface area contributed by atoms with Gasteiger partial charge in [-0.15, -0.1) is 0 Å². The Morgan fingerprint density at radius 2 is 1.87 bits per heavy atom. The fourth-order valence-corrected chi connectivity index (χ4v) is 4.71. The zero-order chi connectivity index (χ0) is 26.9. The van der Waals surface area contributed by atoms with Crippen LogP contribution in [0.4, 0.5) is 0 Å². The van der Waals surface area contributed by atoms with E-state index in [1.165, 1.54) is 0 Å². The Kier molecular flexibility index (Phi) is 5.98. The van der Waals surface area contributed by atoms with Crippen LogP contribution in [0.2, 0.25) is 0 Å². The second-order valence-electron chi connectivity index (χ2n) is 9.08. The number of fused-ring (bicyclic) bond motifs is 2. The van der Waals surface area contributed by atoms with E-state index in [1.807, 2.05) is 61.5 Å². The molecule has 39 heavy (non-hydrogen) atoms. The summed E-state index contributed by atoms with van der Waals surface area (Å²) in [5.41, 5.74) is 3.79.